The first-order chi connectivity index (χ1) is 20.4. The van der Waals surface area contributed by atoms with E-state index in [-0.39, 0.29) is 5.91 Å². The molecule has 42 heavy (non-hydrogen) atoms. The van der Waals surface area contributed by atoms with Gasteiger partial charge in [-0.05, 0) is 61.7 Å². The minimum Gasteiger partial charge on any atom is -0.496 e. The summed E-state index contributed by atoms with van der Waals surface area (Å²) in [7, 11) is 3.24. The lowest BCUT2D eigenvalue weighted by Gasteiger charge is -2.27. The molecule has 0 unspecified atom stereocenters. The van der Waals surface area contributed by atoms with Gasteiger partial charge in [-0.2, -0.15) is 4.98 Å². The molecule has 2 aliphatic heterocycles. The zero-order valence-corrected chi connectivity index (χ0v) is 24.5. The van der Waals surface area contributed by atoms with Crippen LogP contribution in [0.25, 0.3) is 10.9 Å². The van der Waals surface area contributed by atoms with Gasteiger partial charge in [0.15, 0.2) is 0 Å². The number of anilines is 3. The number of benzene rings is 2. The van der Waals surface area contributed by atoms with E-state index in [1.54, 1.807) is 32.4 Å². The van der Waals surface area contributed by atoms with E-state index in [9.17, 15) is 9.59 Å². The van der Waals surface area contributed by atoms with Crippen LogP contribution < -0.4 is 25.6 Å². The van der Waals surface area contributed by atoms with Crippen molar-refractivity contribution in [2.24, 2.45) is 0 Å². The molecule has 0 radical (unpaired) electrons. The summed E-state index contributed by atoms with van der Waals surface area (Å²) in [6.07, 6.45) is 1.76. The predicted octanol–water partition coefficient (Wildman–Crippen LogP) is 3.05. The lowest BCUT2D eigenvalue weighted by molar-refractivity contribution is 0.0374. The fraction of sp³-hybridized carbons (Fsp3) is 0.467. The first-order valence-electron chi connectivity index (χ1n) is 14.4. The van der Waals surface area contributed by atoms with Crippen molar-refractivity contribution in [2.75, 3.05) is 88.8 Å². The monoisotopic (exact) mass is 577 g/mol. The smallest absolute Gasteiger partial charge is 0.324 e. The zero-order chi connectivity index (χ0) is 29.5. The van der Waals surface area contributed by atoms with Crippen LogP contribution in [0.4, 0.5) is 22.2 Å². The average molecular weight is 578 g/mol. The number of fused-ring (bicyclic) bond motifs is 1. The van der Waals surface area contributed by atoms with Gasteiger partial charge in [0, 0.05) is 55.9 Å². The third-order valence-corrected chi connectivity index (χ3v) is 7.46. The van der Waals surface area contributed by atoms with Gasteiger partial charge in [0.05, 0.1) is 39.1 Å². The van der Waals surface area contributed by atoms with Crippen molar-refractivity contribution in [3.63, 3.8) is 0 Å². The first kappa shape index (κ1) is 29.5. The third kappa shape index (κ3) is 7.25. The predicted molar refractivity (Wildman–Crippen MR) is 162 cm³/mol. The third-order valence-electron chi connectivity index (χ3n) is 7.46. The van der Waals surface area contributed by atoms with Crippen molar-refractivity contribution in [1.82, 2.24) is 20.2 Å². The Morgan fingerprint density at radius 3 is 2.40 bits per heavy atom. The molecule has 2 aliphatic rings. The molecule has 3 aromatic rings. The van der Waals surface area contributed by atoms with E-state index in [1.807, 2.05) is 24.0 Å². The van der Waals surface area contributed by atoms with E-state index in [4.69, 9.17) is 24.2 Å². The molecular formula is C30H39N7O5. The summed E-state index contributed by atoms with van der Waals surface area (Å²) >= 11 is 0. The number of nitrogens with zero attached hydrogens (tertiary/aromatic N) is 4. The Morgan fingerprint density at radius 2 is 1.69 bits per heavy atom. The molecule has 0 bridgehead atoms. The molecule has 2 aromatic carbocycles. The quantitative estimate of drug-likeness (QED) is 0.351. The largest absolute Gasteiger partial charge is 0.496 e. The number of aromatic nitrogens is 2. The van der Waals surface area contributed by atoms with Crippen LogP contribution in [0.2, 0.25) is 0 Å². The van der Waals surface area contributed by atoms with Crippen LogP contribution >= 0.6 is 0 Å². The summed E-state index contributed by atoms with van der Waals surface area (Å²) in [4.78, 5) is 39.6. The fourth-order valence-electron chi connectivity index (χ4n) is 5.29. The maximum absolute atomic E-state index is 13.3. The summed E-state index contributed by atoms with van der Waals surface area (Å²) in [6.45, 7) is 8.75. The van der Waals surface area contributed by atoms with Crippen LogP contribution in [0.1, 0.15) is 27.9 Å². The molecule has 5 rings (SSSR count). The van der Waals surface area contributed by atoms with Gasteiger partial charge in [0.2, 0.25) is 5.95 Å². The number of urea groups is 1. The van der Waals surface area contributed by atoms with E-state index in [1.165, 1.54) is 0 Å². The number of methoxy groups -OCH3 is 1. The second-order valence-electron chi connectivity index (χ2n) is 10.5. The molecule has 0 aliphatic carbocycles. The van der Waals surface area contributed by atoms with Crippen molar-refractivity contribution in [3.8, 4) is 5.75 Å². The van der Waals surface area contributed by atoms with E-state index in [0.717, 1.165) is 68.0 Å². The number of aryl methyl sites for hydroxylation is 2. The number of amides is 3. The molecule has 0 atom stereocenters. The lowest BCUT2D eigenvalue weighted by Crippen LogP contribution is -2.37. The number of hydrogen-bond donors (Lipinski definition) is 3. The van der Waals surface area contributed by atoms with E-state index in [0.29, 0.717) is 54.8 Å². The maximum atomic E-state index is 13.3. The van der Waals surface area contributed by atoms with Gasteiger partial charge < -0.3 is 29.7 Å². The van der Waals surface area contributed by atoms with E-state index in [2.05, 4.69) is 20.9 Å². The Balaban J connectivity index is 1.43. The van der Waals surface area contributed by atoms with Gasteiger partial charge in [0.1, 0.15) is 11.6 Å². The molecule has 2 saturated heterocycles. The molecule has 1 aromatic heterocycles. The molecular weight excluding hydrogens is 538 g/mol. The SMILES string of the molecule is CNC(=O)c1cc(C)cc(NC(=O)Nc2nc(N3CCOCC3)nc3cc(OC)c(CCCN4CCOCC4)cc23)c1. The second-order valence-corrected chi connectivity index (χ2v) is 10.5. The standard InChI is InChI=1S/C30H39N7O5/c1-20-15-22(28(38)31-2)17-23(16-20)32-30(39)35-27-24-18-21(5-4-6-36-7-11-41-12-8-36)26(40-3)19-25(24)33-29(34-27)37-9-13-42-14-10-37/h15-19H,4-14H2,1-3H3,(H,31,38)(H2,32,33,34,35,39). The van der Waals surface area contributed by atoms with Gasteiger partial charge in [-0.15, -0.1) is 0 Å². The Labute approximate surface area is 245 Å². The van der Waals surface area contributed by atoms with Crippen molar-refractivity contribution < 1.29 is 23.8 Å². The van der Waals surface area contributed by atoms with Gasteiger partial charge in [-0.1, -0.05) is 0 Å². The summed E-state index contributed by atoms with van der Waals surface area (Å²) in [5.74, 6) is 1.44. The van der Waals surface area contributed by atoms with Crippen LogP contribution in [0, 0.1) is 6.92 Å². The summed E-state index contributed by atoms with van der Waals surface area (Å²) in [6, 6.07) is 8.68. The highest BCUT2D eigenvalue weighted by Crippen LogP contribution is 2.32. The van der Waals surface area contributed by atoms with Crippen LogP contribution in [-0.2, 0) is 15.9 Å². The van der Waals surface area contributed by atoms with Gasteiger partial charge >= 0.3 is 6.03 Å². The number of ether oxygens (including phenoxy) is 3. The van der Waals surface area contributed by atoms with E-state index >= 15 is 0 Å². The summed E-state index contributed by atoms with van der Waals surface area (Å²) in [5, 5.41) is 9.14. The Morgan fingerprint density at radius 1 is 0.952 bits per heavy atom. The number of carbonyl (C=O) groups is 2. The number of hydrogen-bond acceptors (Lipinski definition) is 9. The van der Waals surface area contributed by atoms with Crippen molar-refractivity contribution in [1.29, 1.82) is 0 Å². The number of carbonyl (C=O) groups excluding carboxylic acids is 2. The van der Waals surface area contributed by atoms with Crippen molar-refractivity contribution >= 4 is 40.3 Å². The number of rotatable bonds is 9. The van der Waals surface area contributed by atoms with Crippen LogP contribution in [0.5, 0.6) is 5.75 Å². The minimum atomic E-state index is -0.471. The highest BCUT2D eigenvalue weighted by atomic mass is 16.5. The van der Waals surface area contributed by atoms with Gasteiger partial charge in [-0.25, -0.2) is 9.78 Å². The molecule has 2 fully saturated rings. The molecule has 0 saturated carbocycles. The maximum Gasteiger partial charge on any atom is 0.324 e. The topological polar surface area (TPSA) is 130 Å². The normalized spacial score (nSPS) is 15.8. The van der Waals surface area contributed by atoms with Crippen LogP contribution in [0.15, 0.2) is 30.3 Å². The average Bonchev–Trinajstić information content (AvgIpc) is 3.01. The van der Waals surface area contributed by atoms with Crippen molar-refractivity contribution in [3.05, 3.63) is 47.0 Å². The molecule has 3 heterocycles. The van der Waals surface area contributed by atoms with E-state index < -0.39 is 6.03 Å². The summed E-state index contributed by atoms with van der Waals surface area (Å²) < 4.78 is 16.8. The van der Waals surface area contributed by atoms with Crippen LogP contribution in [-0.4, -0.2) is 100 Å². The Bertz CT molecular complexity index is 1420. The molecule has 3 N–H and O–H groups in total. The molecule has 0 spiro atoms. The zero-order valence-electron chi connectivity index (χ0n) is 24.5. The lowest BCUT2D eigenvalue weighted by atomic mass is 10.0. The van der Waals surface area contributed by atoms with Gasteiger partial charge in [-0.3, -0.25) is 15.0 Å². The van der Waals surface area contributed by atoms with Crippen LogP contribution in [0.3, 0.4) is 0 Å². The number of nitrogens with one attached hydrogen (secondary N) is 3. The second kappa shape index (κ2) is 13.8. The number of morpholine rings is 2. The molecule has 224 valence electrons. The highest BCUT2D eigenvalue weighted by Gasteiger charge is 2.20. The van der Waals surface area contributed by atoms with Gasteiger partial charge in [0.25, 0.3) is 5.91 Å². The fourth-order valence-corrected chi connectivity index (χ4v) is 5.29. The summed E-state index contributed by atoms with van der Waals surface area (Å²) in [5.41, 5.74) is 3.51. The Hall–Kier alpha value is -4.00. The molecule has 12 heteroatoms. The highest BCUT2D eigenvalue weighted by molar-refractivity contribution is 6.05. The minimum absolute atomic E-state index is 0.228. The first-order valence-corrected chi connectivity index (χ1v) is 14.4. The Kier molecular flexibility index (Phi) is 9.67. The molecule has 12 nitrogen and oxygen atoms in total. The van der Waals surface area contributed by atoms with Crippen molar-refractivity contribution in [2.45, 2.75) is 19.8 Å². The molecule has 3 amide bonds.